The van der Waals surface area contributed by atoms with Crippen LogP contribution in [0.25, 0.3) is 0 Å². The standard InChI is InChI=1S/C14H18O2/c1-11(2)14(15)16-10-6-9-13-8-5-4-7-12(13)3/h4-5,7-8H,1,6,9-10H2,2-3H3. The van der Waals surface area contributed by atoms with Crippen molar-refractivity contribution in [3.63, 3.8) is 0 Å². The first-order valence-corrected chi connectivity index (χ1v) is 5.48. The topological polar surface area (TPSA) is 26.3 Å². The highest BCUT2D eigenvalue weighted by Crippen LogP contribution is 2.09. The van der Waals surface area contributed by atoms with Gasteiger partial charge in [0.05, 0.1) is 6.61 Å². The fourth-order valence-corrected chi connectivity index (χ4v) is 1.44. The molecule has 16 heavy (non-hydrogen) atoms. The second kappa shape index (κ2) is 6.11. The number of benzene rings is 1. The Morgan fingerprint density at radius 2 is 2.06 bits per heavy atom. The summed E-state index contributed by atoms with van der Waals surface area (Å²) in [5.41, 5.74) is 3.05. The molecule has 0 saturated carbocycles. The predicted molar refractivity (Wildman–Crippen MR) is 65.3 cm³/mol. The van der Waals surface area contributed by atoms with Crippen LogP contribution in [0.2, 0.25) is 0 Å². The monoisotopic (exact) mass is 218 g/mol. The predicted octanol–water partition coefficient (Wildman–Crippen LogP) is 3.05. The zero-order chi connectivity index (χ0) is 12.0. The third-order valence-electron chi connectivity index (χ3n) is 2.43. The minimum absolute atomic E-state index is 0.301. The molecule has 0 aliphatic heterocycles. The molecule has 0 aliphatic rings. The van der Waals surface area contributed by atoms with Gasteiger partial charge in [0.15, 0.2) is 0 Å². The molecule has 0 unspecified atom stereocenters. The first-order valence-electron chi connectivity index (χ1n) is 5.48. The average Bonchev–Trinajstić information content (AvgIpc) is 2.26. The quantitative estimate of drug-likeness (QED) is 0.431. The van der Waals surface area contributed by atoms with E-state index in [1.165, 1.54) is 11.1 Å². The Morgan fingerprint density at radius 3 is 2.69 bits per heavy atom. The molecular weight excluding hydrogens is 200 g/mol. The molecule has 86 valence electrons. The second-order valence-electron chi connectivity index (χ2n) is 3.95. The summed E-state index contributed by atoms with van der Waals surface area (Å²) in [6, 6.07) is 8.26. The van der Waals surface area contributed by atoms with Crippen LogP contribution < -0.4 is 0 Å². The van der Waals surface area contributed by atoms with Crippen molar-refractivity contribution in [3.05, 3.63) is 47.5 Å². The van der Waals surface area contributed by atoms with Crippen molar-refractivity contribution in [2.45, 2.75) is 26.7 Å². The fourth-order valence-electron chi connectivity index (χ4n) is 1.44. The largest absolute Gasteiger partial charge is 0.462 e. The lowest BCUT2D eigenvalue weighted by Gasteiger charge is -2.06. The van der Waals surface area contributed by atoms with E-state index < -0.39 is 0 Å². The van der Waals surface area contributed by atoms with Gasteiger partial charge in [-0.1, -0.05) is 30.8 Å². The number of rotatable bonds is 5. The van der Waals surface area contributed by atoms with E-state index in [0.29, 0.717) is 12.2 Å². The summed E-state index contributed by atoms with van der Waals surface area (Å²) in [5, 5.41) is 0. The Bertz CT molecular complexity index is 380. The number of aryl methyl sites for hydroxylation is 2. The molecule has 0 aliphatic carbocycles. The maximum absolute atomic E-state index is 11.1. The molecule has 0 saturated heterocycles. The molecule has 1 aromatic rings. The molecule has 0 heterocycles. The van der Waals surface area contributed by atoms with E-state index in [-0.39, 0.29) is 5.97 Å². The Morgan fingerprint density at radius 1 is 1.38 bits per heavy atom. The van der Waals surface area contributed by atoms with Crippen LogP contribution in [0.3, 0.4) is 0 Å². The van der Waals surface area contributed by atoms with E-state index in [1.807, 2.05) is 12.1 Å². The van der Waals surface area contributed by atoms with Crippen molar-refractivity contribution >= 4 is 5.97 Å². The highest BCUT2D eigenvalue weighted by molar-refractivity contribution is 5.86. The molecule has 0 aromatic heterocycles. The molecule has 0 bridgehead atoms. The number of carbonyl (C=O) groups is 1. The minimum atomic E-state index is -0.301. The van der Waals surface area contributed by atoms with Crippen LogP contribution in [0, 0.1) is 6.92 Å². The molecule has 0 atom stereocenters. The third kappa shape index (κ3) is 3.89. The van der Waals surface area contributed by atoms with Gasteiger partial charge in [0.1, 0.15) is 0 Å². The van der Waals surface area contributed by atoms with Crippen molar-refractivity contribution in [1.82, 2.24) is 0 Å². The summed E-state index contributed by atoms with van der Waals surface area (Å²) in [7, 11) is 0. The fraction of sp³-hybridized carbons (Fsp3) is 0.357. The summed E-state index contributed by atoms with van der Waals surface area (Å²) in [6.45, 7) is 7.74. The van der Waals surface area contributed by atoms with Crippen molar-refractivity contribution in [3.8, 4) is 0 Å². The lowest BCUT2D eigenvalue weighted by atomic mass is 10.0. The lowest BCUT2D eigenvalue weighted by molar-refractivity contribution is -0.139. The van der Waals surface area contributed by atoms with Crippen molar-refractivity contribution in [2.75, 3.05) is 6.61 Å². The van der Waals surface area contributed by atoms with Crippen LogP contribution in [-0.4, -0.2) is 12.6 Å². The molecule has 1 rings (SSSR count). The smallest absolute Gasteiger partial charge is 0.333 e. The Kier molecular flexibility index (Phi) is 4.77. The first kappa shape index (κ1) is 12.5. The van der Waals surface area contributed by atoms with Gasteiger partial charge in [0.2, 0.25) is 0 Å². The third-order valence-corrected chi connectivity index (χ3v) is 2.43. The van der Waals surface area contributed by atoms with Gasteiger partial charge in [-0.25, -0.2) is 4.79 Å². The van der Waals surface area contributed by atoms with Crippen molar-refractivity contribution in [2.24, 2.45) is 0 Å². The summed E-state index contributed by atoms with van der Waals surface area (Å²) in [5.74, 6) is -0.301. The highest BCUT2D eigenvalue weighted by Gasteiger charge is 2.02. The number of esters is 1. The number of hydrogen-bond acceptors (Lipinski definition) is 2. The number of hydrogen-bond donors (Lipinski definition) is 0. The Balaban J connectivity index is 2.29. The zero-order valence-electron chi connectivity index (χ0n) is 9.95. The SMILES string of the molecule is C=C(C)C(=O)OCCCc1ccccc1C. The van der Waals surface area contributed by atoms with Gasteiger partial charge >= 0.3 is 5.97 Å². The van der Waals surface area contributed by atoms with Crippen LogP contribution in [0.4, 0.5) is 0 Å². The highest BCUT2D eigenvalue weighted by atomic mass is 16.5. The molecule has 0 radical (unpaired) electrons. The van der Waals surface area contributed by atoms with Crippen molar-refractivity contribution in [1.29, 1.82) is 0 Å². The summed E-state index contributed by atoms with van der Waals surface area (Å²) >= 11 is 0. The van der Waals surface area contributed by atoms with Gasteiger partial charge in [-0.2, -0.15) is 0 Å². The van der Waals surface area contributed by atoms with Crippen LogP contribution in [0.5, 0.6) is 0 Å². The van der Waals surface area contributed by atoms with Crippen LogP contribution in [0.1, 0.15) is 24.5 Å². The molecule has 0 N–H and O–H groups in total. The van der Waals surface area contributed by atoms with Crippen LogP contribution >= 0.6 is 0 Å². The molecule has 1 aromatic carbocycles. The van der Waals surface area contributed by atoms with Crippen LogP contribution in [0.15, 0.2) is 36.4 Å². The number of carbonyl (C=O) groups excluding carboxylic acids is 1. The minimum Gasteiger partial charge on any atom is -0.462 e. The Hall–Kier alpha value is -1.57. The van der Waals surface area contributed by atoms with Gasteiger partial charge < -0.3 is 4.74 Å². The Labute approximate surface area is 96.9 Å². The van der Waals surface area contributed by atoms with Gasteiger partial charge in [0.25, 0.3) is 0 Å². The average molecular weight is 218 g/mol. The van der Waals surface area contributed by atoms with Gasteiger partial charge in [0, 0.05) is 5.57 Å². The molecule has 0 amide bonds. The van der Waals surface area contributed by atoms with Gasteiger partial charge in [-0.05, 0) is 37.8 Å². The first-order chi connectivity index (χ1) is 7.61. The molecule has 2 heteroatoms. The van der Waals surface area contributed by atoms with E-state index in [0.717, 1.165) is 12.8 Å². The second-order valence-corrected chi connectivity index (χ2v) is 3.95. The van der Waals surface area contributed by atoms with Crippen LogP contribution in [-0.2, 0) is 16.0 Å². The van der Waals surface area contributed by atoms with E-state index in [9.17, 15) is 4.79 Å². The van der Waals surface area contributed by atoms with E-state index in [4.69, 9.17) is 4.74 Å². The summed E-state index contributed by atoms with van der Waals surface area (Å²) < 4.78 is 5.03. The maximum Gasteiger partial charge on any atom is 0.333 e. The summed E-state index contributed by atoms with van der Waals surface area (Å²) in [6.07, 6.45) is 1.79. The van der Waals surface area contributed by atoms with Gasteiger partial charge in [-0.3, -0.25) is 0 Å². The van der Waals surface area contributed by atoms with Crippen molar-refractivity contribution < 1.29 is 9.53 Å². The zero-order valence-corrected chi connectivity index (χ0v) is 9.95. The van der Waals surface area contributed by atoms with Gasteiger partial charge in [-0.15, -0.1) is 0 Å². The molecular formula is C14H18O2. The molecule has 0 fully saturated rings. The normalized spacial score (nSPS) is 9.88. The molecule has 2 nitrogen and oxygen atoms in total. The maximum atomic E-state index is 11.1. The van der Waals surface area contributed by atoms with E-state index >= 15 is 0 Å². The lowest BCUT2D eigenvalue weighted by Crippen LogP contribution is -2.07. The summed E-state index contributed by atoms with van der Waals surface area (Å²) in [4.78, 5) is 11.1. The molecule has 0 spiro atoms. The number of ether oxygens (including phenoxy) is 1. The van der Waals surface area contributed by atoms with E-state index in [1.54, 1.807) is 6.92 Å². The van der Waals surface area contributed by atoms with E-state index in [2.05, 4.69) is 25.6 Å².